The molecule has 442 valence electrons. The second-order valence-electron chi connectivity index (χ2n) is 21.9. The summed E-state index contributed by atoms with van der Waals surface area (Å²) in [7, 11) is 1.66. The summed E-state index contributed by atoms with van der Waals surface area (Å²) < 4.78 is 70.4. The average molecular weight is 1150 g/mol. The molecule has 0 saturated carbocycles. The second-order valence-corrected chi connectivity index (χ2v) is 21.9. The average Bonchev–Trinajstić information content (AvgIpc) is 2.13. The molecule has 1 N–H and O–H groups in total. The minimum Gasteiger partial charge on any atom is -0.497 e. The van der Waals surface area contributed by atoms with Gasteiger partial charge in [-0.3, -0.25) is 0 Å². The Hall–Kier alpha value is -7.62. The van der Waals surface area contributed by atoms with Crippen LogP contribution in [-0.4, -0.2) is 86.5 Å². The zero-order chi connectivity index (χ0) is 58.6. The molecule has 0 amide bonds. The van der Waals surface area contributed by atoms with Gasteiger partial charge in [-0.2, -0.15) is 0 Å². The lowest BCUT2D eigenvalue weighted by atomic mass is 9.80. The van der Waals surface area contributed by atoms with Crippen LogP contribution in [0.5, 0.6) is 5.75 Å². The monoisotopic (exact) mass is 1150 g/mol. The van der Waals surface area contributed by atoms with Crippen molar-refractivity contribution in [3.05, 3.63) is 317 Å². The van der Waals surface area contributed by atoms with E-state index in [1.807, 2.05) is 231 Å². The third-order valence-corrected chi connectivity index (χ3v) is 16.1. The van der Waals surface area contributed by atoms with Crippen molar-refractivity contribution < 1.29 is 52.5 Å². The summed E-state index contributed by atoms with van der Waals surface area (Å²) in [5.74, 6) is 0.715. The van der Waals surface area contributed by atoms with Gasteiger partial charge in [-0.15, -0.1) is 0 Å². The zero-order valence-electron chi connectivity index (χ0n) is 48.6. The topological polar surface area (TPSA) is 113 Å². The first-order valence-corrected chi connectivity index (χ1v) is 29.8. The van der Waals surface area contributed by atoms with Gasteiger partial charge in [0.2, 0.25) is 0 Å². The van der Waals surface area contributed by atoms with Gasteiger partial charge in [0, 0.05) is 6.42 Å². The highest BCUT2D eigenvalue weighted by Crippen LogP contribution is 2.43. The molecular weight excluding hydrogens is 1080 g/mol. The first-order valence-electron chi connectivity index (χ1n) is 29.8. The molecule has 2 saturated heterocycles. The number of rotatable bonds is 28. The third kappa shape index (κ3) is 15.5. The molecule has 2 aliphatic rings. The highest BCUT2D eigenvalue weighted by atomic mass is 16.6. The van der Waals surface area contributed by atoms with Gasteiger partial charge < -0.3 is 52.5 Å². The molecule has 0 unspecified atom stereocenters. The summed E-state index contributed by atoms with van der Waals surface area (Å²) in [5, 5.41) is 13.3. The maximum Gasteiger partial charge on any atom is 0.143 e. The summed E-state index contributed by atoms with van der Waals surface area (Å²) in [6.45, 7) is 1.71. The van der Waals surface area contributed by atoms with E-state index in [2.05, 4.69) is 36.4 Å². The minimum atomic E-state index is -1.24. The first kappa shape index (κ1) is 60.1. The summed E-state index contributed by atoms with van der Waals surface area (Å²) in [6, 6.07) is 88.8. The van der Waals surface area contributed by atoms with Crippen molar-refractivity contribution in [3.63, 3.8) is 0 Å². The van der Waals surface area contributed by atoms with Gasteiger partial charge in [-0.05, 0) is 62.2 Å². The molecular formula is C75H76O11. The maximum absolute atomic E-state index is 13.3. The molecule has 11 rings (SSSR count). The number of benzene rings is 9. The van der Waals surface area contributed by atoms with E-state index in [0.717, 1.165) is 50.1 Å². The van der Waals surface area contributed by atoms with Gasteiger partial charge >= 0.3 is 0 Å². The summed E-state index contributed by atoms with van der Waals surface area (Å²) in [5.41, 5.74) is 7.39. The van der Waals surface area contributed by atoms with Crippen LogP contribution in [0.2, 0.25) is 0 Å². The zero-order valence-corrected chi connectivity index (χ0v) is 48.6. The fourth-order valence-electron chi connectivity index (χ4n) is 11.7. The van der Waals surface area contributed by atoms with Crippen molar-refractivity contribution in [1.29, 1.82) is 0 Å². The highest BCUT2D eigenvalue weighted by Gasteiger charge is 2.53. The van der Waals surface area contributed by atoms with E-state index in [1.54, 1.807) is 7.11 Å². The Kier molecular flexibility index (Phi) is 21.4. The van der Waals surface area contributed by atoms with Crippen LogP contribution in [0, 0.1) is 0 Å². The number of aliphatic hydroxyl groups is 1. The summed E-state index contributed by atoms with van der Waals surface area (Å²) in [4.78, 5) is 0. The van der Waals surface area contributed by atoms with Crippen LogP contribution in [0.15, 0.2) is 267 Å². The molecule has 11 nitrogen and oxygen atoms in total. The van der Waals surface area contributed by atoms with Crippen LogP contribution in [0.25, 0.3) is 0 Å². The predicted molar refractivity (Wildman–Crippen MR) is 331 cm³/mol. The molecule has 10 atom stereocenters. The Labute approximate surface area is 505 Å². The lowest BCUT2D eigenvalue weighted by molar-refractivity contribution is -0.295. The number of hydrogen-bond acceptors (Lipinski definition) is 11. The van der Waals surface area contributed by atoms with Crippen molar-refractivity contribution in [2.45, 2.75) is 113 Å². The van der Waals surface area contributed by atoms with Gasteiger partial charge in [0.05, 0.1) is 72.2 Å². The lowest BCUT2D eigenvalue weighted by Crippen LogP contribution is -2.64. The van der Waals surface area contributed by atoms with Crippen molar-refractivity contribution in [2.75, 3.05) is 20.3 Å². The van der Waals surface area contributed by atoms with Gasteiger partial charge in [0.15, 0.2) is 0 Å². The number of hydrogen-bond donors (Lipinski definition) is 1. The number of aliphatic hydroxyl groups excluding tert-OH is 1. The van der Waals surface area contributed by atoms with Crippen LogP contribution in [0.1, 0.15) is 56.5 Å². The maximum atomic E-state index is 13.3. The normalized spacial score (nSPS) is 22.3. The Balaban J connectivity index is 1.000. The van der Waals surface area contributed by atoms with Crippen molar-refractivity contribution in [3.8, 4) is 5.75 Å². The quantitative estimate of drug-likeness (QED) is 0.0473. The van der Waals surface area contributed by atoms with E-state index in [0.29, 0.717) is 12.4 Å². The van der Waals surface area contributed by atoms with E-state index in [9.17, 15) is 5.11 Å². The fourth-order valence-corrected chi connectivity index (χ4v) is 11.7. The van der Waals surface area contributed by atoms with Crippen molar-refractivity contribution in [2.24, 2.45) is 0 Å². The largest absolute Gasteiger partial charge is 0.497 e. The van der Waals surface area contributed by atoms with Gasteiger partial charge in [-0.25, -0.2) is 0 Å². The standard InChI is InChI=1S/C75H76O11/c1-77-64-44-42-63(43-45-64)75(61-38-22-8-23-39-61,62-40-24-9-25-41-62)84-54-68-71(80-49-57-30-14-4-15-31-57)73(82-51-59-34-18-6-19-35-59)69(76)65(85-68)46-66-70(79-48-56-28-12-3-13-29-56)74(83-52-60-36-20-7-21-37-60)72(81-50-58-32-16-5-17-33-58)67(86-66)53-78-47-55-26-10-2-11-27-55/h2-45,65-74,76H,46-54H2,1H3/t65-,66-,67-,68-,69+,70+,71-,72-,73-,74-/m1/s1. The molecule has 11 heteroatoms. The first-order chi connectivity index (χ1) is 42.5. The molecule has 0 aliphatic carbocycles. The molecule has 0 bridgehead atoms. The molecule has 2 heterocycles. The molecule has 0 radical (unpaired) electrons. The van der Waals surface area contributed by atoms with Crippen LogP contribution in [0.4, 0.5) is 0 Å². The Morgan fingerprint density at radius 2 is 0.640 bits per heavy atom. The van der Waals surface area contributed by atoms with E-state index in [1.165, 1.54) is 0 Å². The summed E-state index contributed by atoms with van der Waals surface area (Å²) in [6.07, 6.45) is -8.21. The second kappa shape index (κ2) is 30.6. The Morgan fingerprint density at radius 3 is 1.05 bits per heavy atom. The molecule has 2 fully saturated rings. The number of ether oxygens (including phenoxy) is 10. The van der Waals surface area contributed by atoms with Crippen LogP contribution in [0.3, 0.4) is 0 Å². The fraction of sp³-hybridized carbons (Fsp3) is 0.280. The van der Waals surface area contributed by atoms with Crippen LogP contribution >= 0.6 is 0 Å². The molecule has 86 heavy (non-hydrogen) atoms. The third-order valence-electron chi connectivity index (χ3n) is 16.1. The van der Waals surface area contributed by atoms with Gasteiger partial charge in [0.25, 0.3) is 0 Å². The predicted octanol–water partition coefficient (Wildman–Crippen LogP) is 13.4. The molecule has 0 aromatic heterocycles. The van der Waals surface area contributed by atoms with Crippen molar-refractivity contribution in [1.82, 2.24) is 0 Å². The van der Waals surface area contributed by atoms with Crippen molar-refractivity contribution >= 4 is 0 Å². The summed E-state index contributed by atoms with van der Waals surface area (Å²) >= 11 is 0. The highest BCUT2D eigenvalue weighted by molar-refractivity contribution is 5.49. The van der Waals surface area contributed by atoms with Crippen LogP contribution in [-0.2, 0) is 87.9 Å². The van der Waals surface area contributed by atoms with E-state index in [-0.39, 0.29) is 52.7 Å². The molecule has 9 aromatic carbocycles. The Bertz CT molecular complexity index is 3290. The lowest BCUT2D eigenvalue weighted by Gasteiger charge is -2.49. The minimum absolute atomic E-state index is 0.00267. The SMILES string of the molecule is COc1ccc(C(OC[C@H]2O[C@H](C[C@H]3O[C@H](COCc4ccccc4)[C@@H](OCc4ccccc4)[C@H](OCc4ccccc4)[C@H]3OCc3ccccc3)[C@H](O)[C@@H](OCc3ccccc3)[C@@H]2OCc2ccccc2)(c2ccccc2)c2ccccc2)cc1. The molecule has 0 spiro atoms. The molecule has 2 aliphatic heterocycles. The number of methoxy groups -OCH3 is 1. The smallest absolute Gasteiger partial charge is 0.143 e. The van der Waals surface area contributed by atoms with Crippen LogP contribution < -0.4 is 4.74 Å². The van der Waals surface area contributed by atoms with E-state index >= 15 is 0 Å². The van der Waals surface area contributed by atoms with E-state index in [4.69, 9.17) is 47.4 Å². The Morgan fingerprint density at radius 1 is 0.326 bits per heavy atom. The van der Waals surface area contributed by atoms with Gasteiger partial charge in [-0.1, -0.05) is 255 Å². The van der Waals surface area contributed by atoms with Gasteiger partial charge in [0.1, 0.15) is 60.2 Å². The molecule has 9 aromatic rings. The van der Waals surface area contributed by atoms with E-state index < -0.39 is 66.6 Å².